The Kier molecular flexibility index (Phi) is 9.56. The molecule has 0 bridgehead atoms. The molecule has 0 aliphatic carbocycles. The van der Waals surface area contributed by atoms with Crippen molar-refractivity contribution in [1.29, 1.82) is 0 Å². The Morgan fingerprint density at radius 2 is 2.03 bits per heavy atom. The number of β-lactam (4-membered cyclic amide) rings is 1. The molecule has 1 aromatic carbocycles. The van der Waals surface area contributed by atoms with E-state index in [1.54, 1.807) is 36.5 Å². The van der Waals surface area contributed by atoms with E-state index in [0.717, 1.165) is 21.5 Å². The van der Waals surface area contributed by atoms with Crippen molar-refractivity contribution < 1.29 is 75.7 Å². The standard InChI is InChI=1S/C21H20N4O5S3.K/c1-10-7-23-17(33-10)21(30)32-9-12-8-31-19-14(18(27)25(19)15(12)20(28)29)24-16(26)13(22)11-5-3-2-4-6-11;/h2-7,13-14,19H,8-9,22H2,1H3,(H,24,26)(H,28,29);/q;+1/p-1/t13?,14?,19-;/m0./s1. The number of carbonyl (C=O) groups is 4. The quantitative estimate of drug-likeness (QED) is 0.285. The van der Waals surface area contributed by atoms with Crippen LogP contribution in [0.3, 0.4) is 0 Å². The van der Waals surface area contributed by atoms with Crippen LogP contribution >= 0.6 is 34.9 Å². The Balaban J connectivity index is 0.00000324. The van der Waals surface area contributed by atoms with Gasteiger partial charge in [-0.15, -0.1) is 23.1 Å². The van der Waals surface area contributed by atoms with Gasteiger partial charge in [0.2, 0.25) is 11.0 Å². The van der Waals surface area contributed by atoms with Crippen molar-refractivity contribution in [3.63, 3.8) is 0 Å². The van der Waals surface area contributed by atoms with Gasteiger partial charge in [-0.05, 0) is 18.1 Å². The van der Waals surface area contributed by atoms with Crippen LogP contribution in [0.2, 0.25) is 0 Å². The van der Waals surface area contributed by atoms with Crippen LogP contribution in [0.5, 0.6) is 0 Å². The van der Waals surface area contributed by atoms with Crippen LogP contribution in [0.15, 0.2) is 47.8 Å². The first-order chi connectivity index (χ1) is 15.8. The van der Waals surface area contributed by atoms with Crippen molar-refractivity contribution >= 4 is 57.8 Å². The number of benzene rings is 1. The van der Waals surface area contributed by atoms with Gasteiger partial charge in [-0.3, -0.25) is 19.3 Å². The summed E-state index contributed by atoms with van der Waals surface area (Å²) in [4.78, 5) is 55.6. The van der Waals surface area contributed by atoms with Gasteiger partial charge in [-0.2, -0.15) is 0 Å². The molecule has 1 saturated heterocycles. The van der Waals surface area contributed by atoms with Crippen molar-refractivity contribution in [3.8, 4) is 0 Å². The molecule has 2 unspecified atom stereocenters. The van der Waals surface area contributed by atoms with E-state index in [9.17, 15) is 24.3 Å². The minimum absolute atomic E-state index is 0. The van der Waals surface area contributed by atoms with Crippen LogP contribution in [0.25, 0.3) is 0 Å². The molecular formula is C21H19KN4O5S3. The fraction of sp³-hybridized carbons (Fsp3) is 0.286. The number of hydrogen-bond donors (Lipinski definition) is 2. The largest absolute Gasteiger partial charge is 1.00 e. The Bertz CT molecular complexity index is 1160. The summed E-state index contributed by atoms with van der Waals surface area (Å²) in [5.74, 6) is -2.19. The van der Waals surface area contributed by atoms with E-state index in [4.69, 9.17) is 5.73 Å². The van der Waals surface area contributed by atoms with E-state index >= 15 is 0 Å². The number of aliphatic carboxylic acids is 1. The number of fused-ring (bicyclic) bond motifs is 1. The molecule has 1 fully saturated rings. The van der Waals surface area contributed by atoms with Crippen LogP contribution in [0, 0.1) is 6.92 Å². The van der Waals surface area contributed by atoms with E-state index in [-0.39, 0.29) is 73.7 Å². The third-order valence-electron chi connectivity index (χ3n) is 5.15. The molecule has 13 heteroatoms. The first kappa shape index (κ1) is 27.6. The number of carboxylic acids is 1. The van der Waals surface area contributed by atoms with Gasteiger partial charge in [0.05, 0.1) is 11.7 Å². The molecule has 1 aromatic heterocycles. The van der Waals surface area contributed by atoms with Crippen molar-refractivity contribution in [2.24, 2.45) is 5.73 Å². The minimum Gasteiger partial charge on any atom is -0.543 e. The van der Waals surface area contributed by atoms with E-state index in [0.29, 0.717) is 16.1 Å². The molecule has 172 valence electrons. The van der Waals surface area contributed by atoms with E-state index in [2.05, 4.69) is 10.3 Å². The summed E-state index contributed by atoms with van der Waals surface area (Å²) in [5, 5.41) is 14.0. The smallest absolute Gasteiger partial charge is 0.543 e. The third kappa shape index (κ3) is 5.68. The number of aryl methyl sites for hydroxylation is 1. The van der Waals surface area contributed by atoms with Crippen molar-refractivity contribution in [2.45, 2.75) is 24.4 Å². The summed E-state index contributed by atoms with van der Waals surface area (Å²) in [6.45, 7) is 1.84. The SMILES string of the molecule is Cc1cnc(C(=O)SCC2=C(C(=O)[O-])N3C(=O)C(NC(=O)C(N)c4ccccc4)[C@@H]3SC2)s1.[K+]. The molecule has 2 aromatic rings. The van der Waals surface area contributed by atoms with E-state index < -0.39 is 35.2 Å². The van der Waals surface area contributed by atoms with Crippen LogP contribution < -0.4 is 67.5 Å². The van der Waals surface area contributed by atoms with Gasteiger partial charge in [-0.1, -0.05) is 42.1 Å². The van der Waals surface area contributed by atoms with Crippen LogP contribution in [-0.4, -0.2) is 55.7 Å². The maximum Gasteiger partial charge on any atom is 1.00 e. The number of hydrogen-bond acceptors (Lipinski definition) is 10. The van der Waals surface area contributed by atoms with Crippen LogP contribution in [-0.2, 0) is 14.4 Å². The van der Waals surface area contributed by atoms with Crippen molar-refractivity contribution in [1.82, 2.24) is 15.2 Å². The Labute approximate surface area is 250 Å². The van der Waals surface area contributed by atoms with E-state index in [1.807, 2.05) is 6.92 Å². The number of carbonyl (C=O) groups excluding carboxylic acids is 4. The Hall–Kier alpha value is -1.03. The first-order valence-electron chi connectivity index (χ1n) is 9.86. The van der Waals surface area contributed by atoms with Crippen molar-refractivity contribution in [2.75, 3.05) is 11.5 Å². The normalized spacial score (nSPS) is 20.1. The number of nitrogens with two attached hydrogens (primary N) is 1. The molecule has 34 heavy (non-hydrogen) atoms. The maximum atomic E-state index is 12.8. The molecule has 2 amide bonds. The Morgan fingerprint density at radius 1 is 1.32 bits per heavy atom. The number of thiazole rings is 1. The Morgan fingerprint density at radius 3 is 2.65 bits per heavy atom. The van der Waals surface area contributed by atoms with Gasteiger partial charge in [0.15, 0.2) is 5.01 Å². The zero-order chi connectivity index (χ0) is 23.7. The van der Waals surface area contributed by atoms with Gasteiger partial charge < -0.3 is 21.0 Å². The molecular weight excluding hydrogens is 524 g/mol. The topological polar surface area (TPSA) is 146 Å². The summed E-state index contributed by atoms with van der Waals surface area (Å²) in [5.41, 5.74) is 6.78. The number of thioether (sulfide) groups is 2. The zero-order valence-electron chi connectivity index (χ0n) is 18.3. The zero-order valence-corrected chi connectivity index (χ0v) is 23.9. The molecule has 0 spiro atoms. The predicted molar refractivity (Wildman–Crippen MR) is 124 cm³/mol. The number of aromatic nitrogens is 1. The number of nitrogens with zero attached hydrogens (tertiary/aromatic N) is 2. The molecule has 3 atom stereocenters. The second kappa shape index (κ2) is 11.8. The minimum atomic E-state index is -1.49. The molecule has 2 aliphatic rings. The van der Waals surface area contributed by atoms with Gasteiger partial charge in [0, 0.05) is 22.6 Å². The number of rotatable bonds is 7. The molecule has 9 nitrogen and oxygen atoms in total. The summed E-state index contributed by atoms with van der Waals surface area (Å²) < 4.78 is 0. The van der Waals surface area contributed by atoms with Gasteiger partial charge in [0.1, 0.15) is 17.5 Å². The summed E-state index contributed by atoms with van der Waals surface area (Å²) in [6, 6.07) is 6.90. The molecule has 3 heterocycles. The molecule has 3 N–H and O–H groups in total. The average molecular weight is 543 g/mol. The second-order valence-electron chi connectivity index (χ2n) is 7.38. The molecule has 4 rings (SSSR count). The average Bonchev–Trinajstić information content (AvgIpc) is 3.26. The monoisotopic (exact) mass is 542 g/mol. The van der Waals surface area contributed by atoms with Crippen LogP contribution in [0.4, 0.5) is 0 Å². The first-order valence-corrected chi connectivity index (χ1v) is 12.7. The van der Waals surface area contributed by atoms with Gasteiger partial charge >= 0.3 is 51.4 Å². The predicted octanol–water partition coefficient (Wildman–Crippen LogP) is -2.57. The van der Waals surface area contributed by atoms with E-state index in [1.165, 1.54) is 23.1 Å². The summed E-state index contributed by atoms with van der Waals surface area (Å²) in [7, 11) is 0. The molecule has 0 saturated carbocycles. The second-order valence-corrected chi connectivity index (χ2v) is 10.7. The third-order valence-corrected chi connectivity index (χ3v) is 8.48. The number of nitrogens with one attached hydrogen (secondary N) is 1. The molecule has 2 aliphatic heterocycles. The van der Waals surface area contributed by atoms with Crippen molar-refractivity contribution in [3.05, 3.63) is 63.2 Å². The van der Waals surface area contributed by atoms with Crippen LogP contribution in [0.1, 0.15) is 26.3 Å². The molecule has 0 radical (unpaired) electrons. The van der Waals surface area contributed by atoms with Gasteiger partial charge in [-0.25, -0.2) is 4.98 Å². The number of amides is 2. The number of carboxylic acid groups (broad SMARTS) is 1. The summed E-state index contributed by atoms with van der Waals surface area (Å²) >= 11 is 3.51. The fourth-order valence-corrected chi connectivity index (χ4v) is 6.60. The summed E-state index contributed by atoms with van der Waals surface area (Å²) in [6.07, 6.45) is 1.60. The maximum absolute atomic E-state index is 12.8. The van der Waals surface area contributed by atoms with Gasteiger partial charge in [0.25, 0.3) is 5.91 Å². The fourth-order valence-electron chi connectivity index (χ4n) is 3.50.